The van der Waals surface area contributed by atoms with Crippen LogP contribution in [-0.2, 0) is 17.8 Å². The largest absolute Gasteiger partial charge is 0.370 e. The first-order valence-electron chi connectivity index (χ1n) is 10.2. The molecule has 7 heteroatoms. The zero-order chi connectivity index (χ0) is 20.7. The van der Waals surface area contributed by atoms with Gasteiger partial charge in [0, 0.05) is 24.4 Å². The monoisotopic (exact) mass is 418 g/mol. The number of nitrogens with zero attached hydrogens (tertiary/aromatic N) is 3. The van der Waals surface area contributed by atoms with Crippen molar-refractivity contribution in [3.8, 4) is 11.1 Å². The van der Waals surface area contributed by atoms with Crippen LogP contribution in [0.2, 0.25) is 0 Å². The normalized spacial score (nSPS) is 14.4. The van der Waals surface area contributed by atoms with E-state index in [9.17, 15) is 9.59 Å². The quantitative estimate of drug-likeness (QED) is 0.349. The van der Waals surface area contributed by atoms with E-state index in [0.717, 1.165) is 30.7 Å². The lowest BCUT2D eigenvalue weighted by Crippen LogP contribution is -2.16. The summed E-state index contributed by atoms with van der Waals surface area (Å²) in [5.74, 6) is 1.30. The summed E-state index contributed by atoms with van der Waals surface area (Å²) in [4.78, 5) is 24.1. The minimum Gasteiger partial charge on any atom is -0.370 e. The fourth-order valence-corrected chi connectivity index (χ4v) is 4.86. The number of carbonyl (C=O) groups is 2. The Morgan fingerprint density at radius 2 is 1.87 bits per heavy atom. The van der Waals surface area contributed by atoms with Crippen molar-refractivity contribution in [1.82, 2.24) is 14.8 Å². The van der Waals surface area contributed by atoms with E-state index in [2.05, 4.69) is 34.5 Å². The molecule has 1 fully saturated rings. The zero-order valence-electron chi connectivity index (χ0n) is 16.5. The van der Waals surface area contributed by atoms with Crippen molar-refractivity contribution in [1.29, 1.82) is 0 Å². The predicted octanol–water partition coefficient (Wildman–Crippen LogP) is 3.58. The number of thioether (sulfide) groups is 1. The predicted molar refractivity (Wildman–Crippen MR) is 116 cm³/mol. The zero-order valence-corrected chi connectivity index (χ0v) is 17.3. The number of ketones is 1. The van der Waals surface area contributed by atoms with Crippen molar-refractivity contribution in [3.05, 3.63) is 65.0 Å². The molecule has 0 radical (unpaired) electrons. The maximum absolute atomic E-state index is 12.9. The minimum atomic E-state index is -0.351. The van der Waals surface area contributed by atoms with Gasteiger partial charge >= 0.3 is 0 Å². The molecule has 152 valence electrons. The summed E-state index contributed by atoms with van der Waals surface area (Å²) in [7, 11) is 0. The van der Waals surface area contributed by atoms with Crippen LogP contribution in [-0.4, -0.2) is 32.2 Å². The van der Waals surface area contributed by atoms with Crippen LogP contribution in [0.3, 0.4) is 0 Å². The molecule has 0 unspecified atom stereocenters. The van der Waals surface area contributed by atoms with Crippen molar-refractivity contribution in [2.24, 2.45) is 5.73 Å². The van der Waals surface area contributed by atoms with Crippen LogP contribution in [0.25, 0.3) is 11.1 Å². The second-order valence-electron chi connectivity index (χ2n) is 7.90. The highest BCUT2D eigenvalue weighted by Gasteiger charge is 2.30. The standard InChI is InChI=1S/C23H22N4O2S/c24-21(29)9-10-27-22(14-5-6-14)25-26-23(27)30-13-20(28)17-8-7-16-11-15-3-1-2-4-18(15)19(16)12-17/h1-4,7-8,12,14H,5-6,9-11,13H2,(H2,24,29). The van der Waals surface area contributed by atoms with E-state index >= 15 is 0 Å². The second-order valence-corrected chi connectivity index (χ2v) is 8.84. The third kappa shape index (κ3) is 3.65. The highest BCUT2D eigenvalue weighted by atomic mass is 32.2. The lowest BCUT2D eigenvalue weighted by molar-refractivity contribution is -0.118. The number of aromatic nitrogens is 3. The average Bonchev–Trinajstić information content (AvgIpc) is 3.40. The average molecular weight is 419 g/mol. The molecule has 1 amide bonds. The molecule has 0 atom stereocenters. The Morgan fingerprint density at radius 3 is 2.67 bits per heavy atom. The lowest BCUT2D eigenvalue weighted by Gasteiger charge is -2.09. The molecule has 6 nitrogen and oxygen atoms in total. The van der Waals surface area contributed by atoms with Gasteiger partial charge in [0.1, 0.15) is 5.82 Å². The van der Waals surface area contributed by atoms with Crippen molar-refractivity contribution in [2.75, 3.05) is 5.75 Å². The Balaban J connectivity index is 1.32. The van der Waals surface area contributed by atoms with Crippen molar-refractivity contribution in [2.45, 2.75) is 43.3 Å². The fourth-order valence-electron chi connectivity index (χ4n) is 3.99. The van der Waals surface area contributed by atoms with E-state index < -0.39 is 0 Å². The molecule has 2 aromatic carbocycles. The van der Waals surface area contributed by atoms with Gasteiger partial charge in [-0.15, -0.1) is 10.2 Å². The number of amides is 1. The summed E-state index contributed by atoms with van der Waals surface area (Å²) in [5, 5.41) is 9.27. The number of Topliss-reactive ketones (excluding diaryl/α,β-unsaturated/α-hetero) is 1. The minimum absolute atomic E-state index is 0.0598. The SMILES string of the molecule is NC(=O)CCn1c(SCC(=O)c2ccc3c(c2)-c2ccccc2C3)nnc1C1CC1. The molecule has 2 aliphatic carbocycles. The lowest BCUT2D eigenvalue weighted by atomic mass is 10.0. The van der Waals surface area contributed by atoms with Crippen LogP contribution in [0.15, 0.2) is 47.6 Å². The second kappa shape index (κ2) is 7.72. The Hall–Kier alpha value is -2.93. The molecule has 0 aliphatic heterocycles. The molecular weight excluding hydrogens is 396 g/mol. The Bertz CT molecular complexity index is 1150. The number of benzene rings is 2. The number of fused-ring (bicyclic) bond motifs is 3. The van der Waals surface area contributed by atoms with E-state index in [4.69, 9.17) is 5.73 Å². The van der Waals surface area contributed by atoms with Crippen LogP contribution in [0.4, 0.5) is 0 Å². The fraction of sp³-hybridized carbons (Fsp3) is 0.304. The van der Waals surface area contributed by atoms with E-state index in [1.165, 1.54) is 28.5 Å². The van der Waals surface area contributed by atoms with Crippen LogP contribution in [0, 0.1) is 0 Å². The number of hydrogen-bond donors (Lipinski definition) is 1. The first kappa shape index (κ1) is 19.1. The summed E-state index contributed by atoms with van der Waals surface area (Å²) in [6.45, 7) is 0.459. The van der Waals surface area contributed by atoms with Crippen LogP contribution >= 0.6 is 11.8 Å². The highest BCUT2D eigenvalue weighted by Crippen LogP contribution is 2.40. The molecule has 30 heavy (non-hydrogen) atoms. The number of rotatable bonds is 8. The van der Waals surface area contributed by atoms with Gasteiger partial charge in [-0.1, -0.05) is 48.2 Å². The maximum atomic E-state index is 12.9. The molecule has 0 saturated heterocycles. The molecule has 1 heterocycles. The number of nitrogens with two attached hydrogens (primary N) is 1. The molecule has 3 aromatic rings. The van der Waals surface area contributed by atoms with Gasteiger partial charge in [-0.25, -0.2) is 0 Å². The topological polar surface area (TPSA) is 90.9 Å². The summed E-state index contributed by atoms with van der Waals surface area (Å²) in [5.41, 5.74) is 11.0. The molecule has 0 bridgehead atoms. The Labute approximate surface area is 178 Å². The van der Waals surface area contributed by atoms with Gasteiger partial charge in [-0.2, -0.15) is 0 Å². The van der Waals surface area contributed by atoms with E-state index in [-0.39, 0.29) is 23.9 Å². The molecule has 0 spiro atoms. The number of hydrogen-bond acceptors (Lipinski definition) is 5. The molecule has 2 N–H and O–H groups in total. The van der Waals surface area contributed by atoms with Gasteiger partial charge in [0.15, 0.2) is 10.9 Å². The molecular formula is C23H22N4O2S. The molecule has 1 aromatic heterocycles. The first-order chi connectivity index (χ1) is 14.6. The summed E-state index contributed by atoms with van der Waals surface area (Å²) in [6, 6.07) is 14.3. The Kier molecular flexibility index (Phi) is 4.90. The first-order valence-corrected chi connectivity index (χ1v) is 11.2. The van der Waals surface area contributed by atoms with Gasteiger partial charge in [0.25, 0.3) is 0 Å². The molecule has 5 rings (SSSR count). The third-order valence-electron chi connectivity index (χ3n) is 5.72. The Morgan fingerprint density at radius 1 is 1.07 bits per heavy atom. The van der Waals surface area contributed by atoms with Crippen LogP contribution in [0.1, 0.15) is 52.5 Å². The van der Waals surface area contributed by atoms with Gasteiger partial charge in [-0.05, 0) is 47.6 Å². The van der Waals surface area contributed by atoms with Gasteiger partial charge < -0.3 is 10.3 Å². The summed E-state index contributed by atoms with van der Waals surface area (Å²) in [6.07, 6.45) is 3.34. The maximum Gasteiger partial charge on any atom is 0.219 e. The van der Waals surface area contributed by atoms with Crippen molar-refractivity contribution >= 4 is 23.5 Å². The smallest absolute Gasteiger partial charge is 0.219 e. The van der Waals surface area contributed by atoms with Crippen molar-refractivity contribution in [3.63, 3.8) is 0 Å². The van der Waals surface area contributed by atoms with E-state index in [1.807, 2.05) is 22.8 Å². The molecule has 1 saturated carbocycles. The van der Waals surface area contributed by atoms with Crippen LogP contribution in [0.5, 0.6) is 0 Å². The van der Waals surface area contributed by atoms with Crippen molar-refractivity contribution < 1.29 is 9.59 Å². The highest BCUT2D eigenvalue weighted by molar-refractivity contribution is 7.99. The van der Waals surface area contributed by atoms with Crippen LogP contribution < -0.4 is 5.73 Å². The third-order valence-corrected chi connectivity index (χ3v) is 6.69. The van der Waals surface area contributed by atoms with E-state index in [0.29, 0.717) is 23.2 Å². The summed E-state index contributed by atoms with van der Waals surface area (Å²) < 4.78 is 1.96. The van der Waals surface area contributed by atoms with Gasteiger partial charge in [-0.3, -0.25) is 9.59 Å². The van der Waals surface area contributed by atoms with Gasteiger partial charge in [0.2, 0.25) is 5.91 Å². The molecule has 2 aliphatic rings. The number of carbonyl (C=O) groups excluding carboxylic acids is 2. The number of primary amides is 1. The van der Waals surface area contributed by atoms with E-state index in [1.54, 1.807) is 0 Å². The summed E-state index contributed by atoms with van der Waals surface area (Å²) >= 11 is 1.37. The van der Waals surface area contributed by atoms with Gasteiger partial charge in [0.05, 0.1) is 5.75 Å².